The molecule has 0 unspecified atom stereocenters. The first kappa shape index (κ1) is 21.7. The summed E-state index contributed by atoms with van der Waals surface area (Å²) in [6.45, 7) is 2.16. The van der Waals surface area contributed by atoms with Gasteiger partial charge in [-0.15, -0.1) is 10.2 Å². The number of hydrogen-bond donors (Lipinski definition) is 0. The molecule has 1 aromatic carbocycles. The van der Waals surface area contributed by atoms with Crippen LogP contribution in [-0.4, -0.2) is 50.3 Å². The minimum Gasteiger partial charge on any atom is -0.497 e. The maximum Gasteiger partial charge on any atom is 0.196 e. The van der Waals surface area contributed by atoms with Crippen LogP contribution in [0.15, 0.2) is 53.9 Å². The number of aromatic nitrogens is 5. The minimum absolute atomic E-state index is 0.154. The summed E-state index contributed by atoms with van der Waals surface area (Å²) in [6.07, 6.45) is 4.79. The van der Waals surface area contributed by atoms with Crippen molar-refractivity contribution in [3.05, 3.63) is 65.3 Å². The Balaban J connectivity index is 1.67. The number of imidazole rings is 1. The van der Waals surface area contributed by atoms with Gasteiger partial charge in [0.15, 0.2) is 11.0 Å². The molecule has 7 nitrogen and oxygen atoms in total. The molecule has 3 aromatic heterocycles. The van der Waals surface area contributed by atoms with Crippen LogP contribution in [0.2, 0.25) is 5.02 Å². The highest BCUT2D eigenvalue weighted by Gasteiger charge is 2.23. The molecule has 0 aliphatic heterocycles. The molecule has 0 saturated heterocycles. The fourth-order valence-electron chi connectivity index (χ4n) is 3.57. The second kappa shape index (κ2) is 9.30. The SMILES string of the molecule is CC[C@@H](c1nnc(SCc2cn3cc(Cl)ccc3n2)n1-c1ccc(OC)cc1)N(C)C. The number of hydrogen-bond acceptors (Lipinski definition) is 6. The zero-order chi connectivity index (χ0) is 22.0. The van der Waals surface area contributed by atoms with Crippen LogP contribution in [0.3, 0.4) is 0 Å². The molecule has 0 saturated carbocycles. The number of ether oxygens (including phenoxy) is 1. The van der Waals surface area contributed by atoms with Gasteiger partial charge in [-0.2, -0.15) is 0 Å². The summed E-state index contributed by atoms with van der Waals surface area (Å²) in [5.74, 6) is 2.41. The van der Waals surface area contributed by atoms with Crippen LogP contribution in [0.25, 0.3) is 11.3 Å². The highest BCUT2D eigenvalue weighted by Crippen LogP contribution is 2.30. The zero-order valence-electron chi connectivity index (χ0n) is 18.0. The summed E-state index contributed by atoms with van der Waals surface area (Å²) in [5, 5.41) is 10.6. The van der Waals surface area contributed by atoms with Gasteiger partial charge in [-0.05, 0) is 56.9 Å². The van der Waals surface area contributed by atoms with Crippen molar-refractivity contribution in [3.8, 4) is 11.4 Å². The molecule has 0 amide bonds. The first-order chi connectivity index (χ1) is 15.0. The Hall–Kier alpha value is -2.55. The lowest BCUT2D eigenvalue weighted by atomic mass is 10.2. The maximum absolute atomic E-state index is 6.09. The standard InChI is InChI=1S/C22H25ClN6OS/c1-5-19(27(2)3)21-25-26-22(29(21)17-7-9-18(30-4)10-8-17)31-14-16-13-28-12-15(23)6-11-20(28)24-16/h6-13,19H,5,14H2,1-4H3/t19-/m0/s1. The third-order valence-electron chi connectivity index (χ3n) is 5.11. The molecule has 0 aliphatic carbocycles. The summed E-state index contributed by atoms with van der Waals surface area (Å²) >= 11 is 7.71. The molecule has 4 aromatic rings. The van der Waals surface area contributed by atoms with Gasteiger partial charge in [-0.3, -0.25) is 9.47 Å². The zero-order valence-corrected chi connectivity index (χ0v) is 19.6. The van der Waals surface area contributed by atoms with E-state index in [4.69, 9.17) is 16.3 Å². The fraction of sp³-hybridized carbons (Fsp3) is 0.318. The molecule has 0 aliphatic rings. The Bertz CT molecular complexity index is 1170. The third-order valence-corrected chi connectivity index (χ3v) is 6.30. The van der Waals surface area contributed by atoms with E-state index in [9.17, 15) is 0 Å². The maximum atomic E-state index is 6.09. The first-order valence-electron chi connectivity index (χ1n) is 10.0. The van der Waals surface area contributed by atoms with Crippen LogP contribution in [0.1, 0.15) is 30.9 Å². The van der Waals surface area contributed by atoms with Gasteiger partial charge in [-0.25, -0.2) is 4.98 Å². The molecule has 0 N–H and O–H groups in total. The van der Waals surface area contributed by atoms with Crippen LogP contribution in [0.4, 0.5) is 0 Å². The summed E-state index contributed by atoms with van der Waals surface area (Å²) in [7, 11) is 5.80. The van der Waals surface area contributed by atoms with E-state index in [0.29, 0.717) is 10.8 Å². The van der Waals surface area contributed by atoms with E-state index in [2.05, 4.69) is 45.7 Å². The monoisotopic (exact) mass is 456 g/mol. The summed E-state index contributed by atoms with van der Waals surface area (Å²) in [4.78, 5) is 6.85. The van der Waals surface area contributed by atoms with Gasteiger partial charge in [0.1, 0.15) is 11.4 Å². The smallest absolute Gasteiger partial charge is 0.196 e. The Morgan fingerprint density at radius 2 is 1.87 bits per heavy atom. The Morgan fingerprint density at radius 1 is 1.10 bits per heavy atom. The molecule has 9 heteroatoms. The van der Waals surface area contributed by atoms with E-state index in [-0.39, 0.29) is 6.04 Å². The Kier molecular flexibility index (Phi) is 6.50. The van der Waals surface area contributed by atoms with Crippen molar-refractivity contribution in [1.29, 1.82) is 0 Å². The van der Waals surface area contributed by atoms with Crippen molar-refractivity contribution in [2.75, 3.05) is 21.2 Å². The summed E-state index contributed by atoms with van der Waals surface area (Å²) in [5.41, 5.74) is 2.83. The van der Waals surface area contributed by atoms with Crippen LogP contribution in [0, 0.1) is 0 Å². The van der Waals surface area contributed by atoms with E-state index in [1.165, 1.54) is 0 Å². The minimum atomic E-state index is 0.154. The van der Waals surface area contributed by atoms with Gasteiger partial charge in [0, 0.05) is 23.8 Å². The topological polar surface area (TPSA) is 60.5 Å². The second-order valence-corrected chi connectivity index (χ2v) is 8.77. The third kappa shape index (κ3) is 4.56. The predicted molar refractivity (Wildman–Crippen MR) is 124 cm³/mol. The number of nitrogens with zero attached hydrogens (tertiary/aromatic N) is 6. The van der Waals surface area contributed by atoms with Crippen molar-refractivity contribution in [1.82, 2.24) is 29.0 Å². The number of thioether (sulfide) groups is 1. The Morgan fingerprint density at radius 3 is 2.55 bits per heavy atom. The predicted octanol–water partition coefficient (Wildman–Crippen LogP) is 4.88. The molecule has 1 atom stereocenters. The van der Waals surface area contributed by atoms with E-state index >= 15 is 0 Å². The molecule has 0 radical (unpaired) electrons. The van der Waals surface area contributed by atoms with E-state index in [0.717, 1.165) is 40.2 Å². The largest absolute Gasteiger partial charge is 0.497 e. The van der Waals surface area contributed by atoms with Gasteiger partial charge >= 0.3 is 0 Å². The molecule has 162 valence electrons. The van der Waals surface area contributed by atoms with Crippen LogP contribution in [-0.2, 0) is 5.75 Å². The molecule has 4 rings (SSSR count). The second-order valence-electron chi connectivity index (χ2n) is 7.40. The number of rotatable bonds is 8. The highest BCUT2D eigenvalue weighted by molar-refractivity contribution is 7.98. The van der Waals surface area contributed by atoms with Crippen LogP contribution >= 0.6 is 23.4 Å². The fourth-order valence-corrected chi connectivity index (χ4v) is 4.58. The Labute approximate surface area is 191 Å². The first-order valence-corrected chi connectivity index (χ1v) is 11.4. The van der Waals surface area contributed by atoms with Gasteiger partial charge in [0.25, 0.3) is 0 Å². The molecule has 0 spiro atoms. The average Bonchev–Trinajstić information content (AvgIpc) is 3.36. The van der Waals surface area contributed by atoms with Gasteiger partial charge in [-0.1, -0.05) is 30.3 Å². The average molecular weight is 457 g/mol. The normalized spacial score (nSPS) is 12.6. The molecule has 0 bridgehead atoms. The van der Waals surface area contributed by atoms with E-state index in [1.807, 2.05) is 53.2 Å². The van der Waals surface area contributed by atoms with Crippen LogP contribution in [0.5, 0.6) is 5.75 Å². The van der Waals surface area contributed by atoms with E-state index < -0.39 is 0 Å². The number of fused-ring (bicyclic) bond motifs is 1. The highest BCUT2D eigenvalue weighted by atomic mass is 35.5. The lowest BCUT2D eigenvalue weighted by Crippen LogP contribution is -2.22. The number of benzene rings is 1. The molecular formula is C22H25ClN6OS. The molecule has 3 heterocycles. The number of pyridine rings is 1. The lowest BCUT2D eigenvalue weighted by molar-refractivity contribution is 0.276. The quantitative estimate of drug-likeness (QED) is 0.352. The number of halogens is 1. The van der Waals surface area contributed by atoms with Crippen molar-refractivity contribution in [3.63, 3.8) is 0 Å². The number of methoxy groups -OCH3 is 1. The van der Waals surface area contributed by atoms with E-state index in [1.54, 1.807) is 18.9 Å². The van der Waals surface area contributed by atoms with Crippen molar-refractivity contribution in [2.24, 2.45) is 0 Å². The molecule has 31 heavy (non-hydrogen) atoms. The van der Waals surface area contributed by atoms with Gasteiger partial charge in [0.05, 0.1) is 23.9 Å². The summed E-state index contributed by atoms with van der Waals surface area (Å²) in [6, 6.07) is 11.9. The van der Waals surface area contributed by atoms with Crippen molar-refractivity contribution in [2.45, 2.75) is 30.3 Å². The van der Waals surface area contributed by atoms with Crippen LogP contribution < -0.4 is 4.74 Å². The van der Waals surface area contributed by atoms with Crippen molar-refractivity contribution >= 4 is 29.0 Å². The molecular weight excluding hydrogens is 432 g/mol. The molecule has 0 fully saturated rings. The summed E-state index contributed by atoms with van der Waals surface area (Å²) < 4.78 is 9.39. The van der Waals surface area contributed by atoms with Gasteiger partial charge < -0.3 is 9.14 Å². The van der Waals surface area contributed by atoms with Gasteiger partial charge in [0.2, 0.25) is 0 Å². The lowest BCUT2D eigenvalue weighted by Gasteiger charge is -2.23. The van der Waals surface area contributed by atoms with Crippen molar-refractivity contribution < 1.29 is 4.74 Å².